The van der Waals surface area contributed by atoms with Crippen molar-refractivity contribution in [3.8, 4) is 11.5 Å². The number of hydrogen-bond donors (Lipinski definition) is 1. The Labute approximate surface area is 127 Å². The van der Waals surface area contributed by atoms with Gasteiger partial charge in [0.1, 0.15) is 11.5 Å². The van der Waals surface area contributed by atoms with Crippen LogP contribution in [-0.4, -0.2) is 4.98 Å². The predicted molar refractivity (Wildman–Crippen MR) is 86.7 cm³/mol. The Hall–Kier alpha value is -1.87. The second-order valence-electron chi connectivity index (χ2n) is 6.31. The van der Waals surface area contributed by atoms with Gasteiger partial charge < -0.3 is 10.5 Å². The summed E-state index contributed by atoms with van der Waals surface area (Å²) in [5, 5.41) is 0. The van der Waals surface area contributed by atoms with Gasteiger partial charge in [-0.25, -0.2) is 0 Å². The molecule has 2 rings (SSSR count). The van der Waals surface area contributed by atoms with Crippen LogP contribution in [-0.2, 0) is 5.41 Å². The monoisotopic (exact) mass is 284 g/mol. The lowest BCUT2D eigenvalue weighted by Crippen LogP contribution is -2.10. The van der Waals surface area contributed by atoms with E-state index in [2.05, 4.69) is 37.9 Å². The van der Waals surface area contributed by atoms with Crippen molar-refractivity contribution in [2.45, 2.75) is 45.6 Å². The zero-order valence-corrected chi connectivity index (χ0v) is 13.3. The molecule has 0 fully saturated rings. The minimum Gasteiger partial charge on any atom is -0.456 e. The van der Waals surface area contributed by atoms with Gasteiger partial charge in [-0.2, -0.15) is 0 Å². The third-order valence-electron chi connectivity index (χ3n) is 3.53. The lowest BCUT2D eigenvalue weighted by Gasteiger charge is -2.19. The first-order valence-corrected chi connectivity index (χ1v) is 7.40. The molecule has 3 heteroatoms. The Morgan fingerprint density at radius 2 is 1.67 bits per heavy atom. The number of nitrogens with two attached hydrogens (primary N) is 1. The van der Waals surface area contributed by atoms with Crippen molar-refractivity contribution in [2.24, 2.45) is 5.73 Å². The van der Waals surface area contributed by atoms with Crippen molar-refractivity contribution in [1.29, 1.82) is 0 Å². The van der Waals surface area contributed by atoms with E-state index < -0.39 is 0 Å². The van der Waals surface area contributed by atoms with Gasteiger partial charge in [0.25, 0.3) is 0 Å². The second kappa shape index (κ2) is 6.27. The Kier molecular flexibility index (Phi) is 4.63. The molecule has 1 aromatic heterocycles. The summed E-state index contributed by atoms with van der Waals surface area (Å²) in [6.07, 6.45) is 2.60. The first kappa shape index (κ1) is 15.5. The van der Waals surface area contributed by atoms with Crippen LogP contribution in [0.1, 0.15) is 51.4 Å². The van der Waals surface area contributed by atoms with Crippen molar-refractivity contribution in [3.05, 3.63) is 53.9 Å². The normalized spacial score (nSPS) is 13.0. The number of pyridine rings is 1. The van der Waals surface area contributed by atoms with Crippen LogP contribution in [0.4, 0.5) is 0 Å². The van der Waals surface area contributed by atoms with E-state index in [0.717, 1.165) is 23.6 Å². The fraction of sp³-hybridized carbons (Fsp3) is 0.389. The van der Waals surface area contributed by atoms with Crippen molar-refractivity contribution < 1.29 is 4.74 Å². The second-order valence-corrected chi connectivity index (χ2v) is 6.31. The van der Waals surface area contributed by atoms with Crippen LogP contribution in [0.15, 0.2) is 42.6 Å². The number of nitrogens with zero attached hydrogens (tertiary/aromatic N) is 1. The van der Waals surface area contributed by atoms with Gasteiger partial charge in [-0.1, -0.05) is 39.8 Å². The number of benzene rings is 1. The molecule has 0 saturated heterocycles. The molecule has 0 bridgehead atoms. The predicted octanol–water partition coefficient (Wildman–Crippen LogP) is 4.58. The number of rotatable bonds is 4. The average Bonchev–Trinajstić information content (AvgIpc) is 2.47. The van der Waals surface area contributed by atoms with Crippen LogP contribution < -0.4 is 10.5 Å². The standard InChI is InChI=1S/C18H24N2O/c1-5-16(19)17-11-10-15(12-20-17)21-14-8-6-13(7-9-14)18(2,3)4/h6-12,16H,5,19H2,1-4H3/t16-/m0/s1. The molecule has 2 N–H and O–H groups in total. The number of ether oxygens (including phenoxy) is 1. The maximum atomic E-state index is 5.95. The molecule has 1 atom stereocenters. The summed E-state index contributed by atoms with van der Waals surface area (Å²) in [4.78, 5) is 4.35. The molecule has 0 aliphatic heterocycles. The van der Waals surface area contributed by atoms with E-state index in [0.29, 0.717) is 0 Å². The van der Waals surface area contributed by atoms with Crippen molar-refractivity contribution in [2.75, 3.05) is 0 Å². The van der Waals surface area contributed by atoms with Gasteiger partial charge in [0.15, 0.2) is 0 Å². The van der Waals surface area contributed by atoms with E-state index in [-0.39, 0.29) is 11.5 Å². The van der Waals surface area contributed by atoms with Crippen LogP contribution in [0.2, 0.25) is 0 Å². The number of hydrogen-bond acceptors (Lipinski definition) is 3. The van der Waals surface area contributed by atoms with Gasteiger partial charge >= 0.3 is 0 Å². The summed E-state index contributed by atoms with van der Waals surface area (Å²) in [7, 11) is 0. The highest BCUT2D eigenvalue weighted by Gasteiger charge is 2.13. The largest absolute Gasteiger partial charge is 0.456 e. The topological polar surface area (TPSA) is 48.1 Å². The van der Waals surface area contributed by atoms with Crippen LogP contribution >= 0.6 is 0 Å². The molecular weight excluding hydrogens is 260 g/mol. The molecule has 112 valence electrons. The summed E-state index contributed by atoms with van der Waals surface area (Å²) < 4.78 is 5.81. The molecule has 2 aromatic rings. The summed E-state index contributed by atoms with van der Waals surface area (Å²) in [6.45, 7) is 8.64. The van der Waals surface area contributed by atoms with Crippen LogP contribution in [0.3, 0.4) is 0 Å². The van der Waals surface area contributed by atoms with Gasteiger partial charge in [-0.15, -0.1) is 0 Å². The molecule has 0 aliphatic carbocycles. The molecule has 1 aromatic carbocycles. The molecule has 1 heterocycles. The summed E-state index contributed by atoms with van der Waals surface area (Å²) >= 11 is 0. The highest BCUT2D eigenvalue weighted by molar-refractivity contribution is 5.34. The minimum atomic E-state index is -0.00915. The van der Waals surface area contributed by atoms with Crippen LogP contribution in [0.5, 0.6) is 11.5 Å². The molecule has 0 unspecified atom stereocenters. The fourth-order valence-corrected chi connectivity index (χ4v) is 2.04. The van der Waals surface area contributed by atoms with E-state index in [9.17, 15) is 0 Å². The smallest absolute Gasteiger partial charge is 0.145 e. The molecule has 0 spiro atoms. The summed E-state index contributed by atoms with van der Waals surface area (Å²) in [5.41, 5.74) is 8.29. The van der Waals surface area contributed by atoms with E-state index in [1.54, 1.807) is 6.20 Å². The van der Waals surface area contributed by atoms with Crippen LogP contribution in [0.25, 0.3) is 0 Å². The van der Waals surface area contributed by atoms with E-state index in [1.165, 1.54) is 5.56 Å². The third-order valence-corrected chi connectivity index (χ3v) is 3.53. The van der Waals surface area contributed by atoms with Gasteiger partial charge in [0.05, 0.1) is 11.9 Å². The maximum absolute atomic E-state index is 5.95. The van der Waals surface area contributed by atoms with Crippen molar-refractivity contribution in [3.63, 3.8) is 0 Å². The quantitative estimate of drug-likeness (QED) is 0.893. The number of aromatic nitrogens is 1. The Bertz CT molecular complexity index is 568. The van der Waals surface area contributed by atoms with Gasteiger partial charge in [0, 0.05) is 6.04 Å². The summed E-state index contributed by atoms with van der Waals surface area (Å²) in [6, 6.07) is 12.0. The maximum Gasteiger partial charge on any atom is 0.145 e. The lowest BCUT2D eigenvalue weighted by atomic mass is 9.87. The lowest BCUT2D eigenvalue weighted by molar-refractivity contribution is 0.478. The van der Waals surface area contributed by atoms with E-state index >= 15 is 0 Å². The van der Waals surface area contributed by atoms with Crippen molar-refractivity contribution >= 4 is 0 Å². The molecule has 0 saturated carbocycles. The molecule has 0 aliphatic rings. The Balaban J connectivity index is 2.08. The van der Waals surface area contributed by atoms with E-state index in [1.807, 2.05) is 31.2 Å². The van der Waals surface area contributed by atoms with E-state index in [4.69, 9.17) is 10.5 Å². The molecular formula is C18H24N2O. The third kappa shape index (κ3) is 4.05. The Morgan fingerprint density at radius 3 is 2.14 bits per heavy atom. The first-order valence-electron chi connectivity index (χ1n) is 7.40. The molecule has 0 amide bonds. The average molecular weight is 284 g/mol. The molecule has 21 heavy (non-hydrogen) atoms. The highest BCUT2D eigenvalue weighted by Crippen LogP contribution is 2.27. The first-order chi connectivity index (χ1) is 9.90. The van der Waals surface area contributed by atoms with Gasteiger partial charge in [-0.05, 0) is 41.7 Å². The zero-order valence-electron chi connectivity index (χ0n) is 13.3. The molecule has 3 nitrogen and oxygen atoms in total. The minimum absolute atomic E-state index is 0.00915. The fourth-order valence-electron chi connectivity index (χ4n) is 2.04. The van der Waals surface area contributed by atoms with Gasteiger partial charge in [0.2, 0.25) is 0 Å². The van der Waals surface area contributed by atoms with Crippen molar-refractivity contribution in [1.82, 2.24) is 4.98 Å². The SMILES string of the molecule is CC[C@H](N)c1ccc(Oc2ccc(C(C)(C)C)cc2)cn1. The van der Waals surface area contributed by atoms with Gasteiger partial charge in [-0.3, -0.25) is 4.98 Å². The highest BCUT2D eigenvalue weighted by atomic mass is 16.5. The van der Waals surface area contributed by atoms with Crippen LogP contribution in [0, 0.1) is 0 Å². The summed E-state index contributed by atoms with van der Waals surface area (Å²) in [5.74, 6) is 1.54. The Morgan fingerprint density at radius 1 is 1.05 bits per heavy atom. The molecule has 0 radical (unpaired) electrons. The zero-order chi connectivity index (χ0) is 15.5.